The molecular formula is C8H11Cl3O2. The van der Waals surface area contributed by atoms with Crippen molar-refractivity contribution < 1.29 is 9.90 Å². The normalized spacial score (nSPS) is 12.3. The third-order valence-corrected chi connectivity index (χ3v) is 2.80. The highest BCUT2D eigenvalue weighted by atomic mass is 35.5. The van der Waals surface area contributed by atoms with Gasteiger partial charge in [-0.05, 0) is 18.8 Å². The average Bonchev–Trinajstić information content (AvgIpc) is 2.02. The van der Waals surface area contributed by atoms with Crippen molar-refractivity contribution in [3.05, 3.63) is 9.52 Å². The Morgan fingerprint density at radius 2 is 1.92 bits per heavy atom. The predicted molar refractivity (Wildman–Crippen MR) is 55.2 cm³/mol. The van der Waals surface area contributed by atoms with Crippen molar-refractivity contribution in [1.29, 1.82) is 0 Å². The Hall–Kier alpha value is 0.0800. The van der Waals surface area contributed by atoms with Crippen LogP contribution in [-0.4, -0.2) is 11.1 Å². The van der Waals surface area contributed by atoms with Gasteiger partial charge in [-0.25, -0.2) is 0 Å². The van der Waals surface area contributed by atoms with Gasteiger partial charge in [0, 0.05) is 6.42 Å². The maximum atomic E-state index is 10.2. The quantitative estimate of drug-likeness (QED) is 0.801. The standard InChI is InChI=1S/C8H11Cl3O2/c1-5(7(9)8(10)11)3-2-4-6(12)13/h5H,2-4H2,1H3,(H,12,13). The van der Waals surface area contributed by atoms with Crippen molar-refractivity contribution in [2.75, 3.05) is 0 Å². The summed E-state index contributed by atoms with van der Waals surface area (Å²) in [6, 6.07) is 0. The van der Waals surface area contributed by atoms with E-state index in [1.54, 1.807) is 0 Å². The molecule has 0 fully saturated rings. The lowest BCUT2D eigenvalue weighted by atomic mass is 10.0. The summed E-state index contributed by atoms with van der Waals surface area (Å²) in [4.78, 5) is 10.2. The number of carboxylic acids is 1. The van der Waals surface area contributed by atoms with Crippen LogP contribution in [0.1, 0.15) is 26.2 Å². The summed E-state index contributed by atoms with van der Waals surface area (Å²) in [6.45, 7) is 1.86. The van der Waals surface area contributed by atoms with Crippen LogP contribution in [0.4, 0.5) is 0 Å². The second-order valence-corrected chi connectivity index (χ2v) is 4.15. The highest BCUT2D eigenvalue weighted by molar-refractivity contribution is 6.59. The first-order chi connectivity index (χ1) is 5.95. The van der Waals surface area contributed by atoms with E-state index in [-0.39, 0.29) is 16.8 Å². The second-order valence-electron chi connectivity index (χ2n) is 2.80. The van der Waals surface area contributed by atoms with Gasteiger partial charge in [0.05, 0.1) is 5.03 Å². The predicted octanol–water partition coefficient (Wildman–Crippen LogP) is 3.76. The van der Waals surface area contributed by atoms with Crippen LogP contribution in [0.3, 0.4) is 0 Å². The SMILES string of the molecule is CC(CCCC(=O)O)C(Cl)=C(Cl)Cl. The monoisotopic (exact) mass is 244 g/mol. The summed E-state index contributed by atoms with van der Waals surface area (Å²) in [6.07, 6.45) is 1.40. The van der Waals surface area contributed by atoms with Crippen molar-refractivity contribution >= 4 is 40.8 Å². The zero-order valence-electron chi connectivity index (χ0n) is 7.19. The minimum absolute atomic E-state index is 0.0195. The molecule has 0 aliphatic carbocycles. The van der Waals surface area contributed by atoms with Crippen molar-refractivity contribution in [2.24, 2.45) is 5.92 Å². The van der Waals surface area contributed by atoms with Gasteiger partial charge in [0.25, 0.3) is 0 Å². The summed E-state index contributed by atoms with van der Waals surface area (Å²) in [5, 5.41) is 8.77. The van der Waals surface area contributed by atoms with E-state index in [2.05, 4.69) is 0 Å². The van der Waals surface area contributed by atoms with Crippen LogP contribution >= 0.6 is 34.8 Å². The van der Waals surface area contributed by atoms with Crippen LogP contribution in [0.25, 0.3) is 0 Å². The Balaban J connectivity index is 3.82. The molecule has 1 N–H and O–H groups in total. The van der Waals surface area contributed by atoms with Crippen molar-refractivity contribution in [3.63, 3.8) is 0 Å². The number of carbonyl (C=O) groups is 1. The number of carboxylic acid groups (broad SMARTS) is 1. The molecule has 76 valence electrons. The average molecular weight is 246 g/mol. The largest absolute Gasteiger partial charge is 0.481 e. The fourth-order valence-corrected chi connectivity index (χ4v) is 1.35. The minimum atomic E-state index is -0.802. The van der Waals surface area contributed by atoms with Gasteiger partial charge in [0.15, 0.2) is 0 Å². The molecule has 0 saturated heterocycles. The van der Waals surface area contributed by atoms with Gasteiger partial charge >= 0.3 is 5.97 Å². The summed E-state index contributed by atoms with van der Waals surface area (Å²) in [5.74, 6) is -0.782. The molecule has 0 rings (SSSR count). The van der Waals surface area contributed by atoms with Gasteiger partial charge in [-0.3, -0.25) is 4.79 Å². The van der Waals surface area contributed by atoms with E-state index in [0.29, 0.717) is 17.9 Å². The number of aliphatic carboxylic acids is 1. The number of rotatable bonds is 5. The first-order valence-electron chi connectivity index (χ1n) is 3.87. The maximum absolute atomic E-state index is 10.2. The smallest absolute Gasteiger partial charge is 0.303 e. The molecule has 0 radical (unpaired) electrons. The molecule has 0 aromatic heterocycles. The number of hydrogen-bond donors (Lipinski definition) is 1. The van der Waals surface area contributed by atoms with Crippen molar-refractivity contribution in [3.8, 4) is 0 Å². The molecule has 2 nitrogen and oxygen atoms in total. The lowest BCUT2D eigenvalue weighted by molar-refractivity contribution is -0.137. The molecule has 0 saturated carbocycles. The van der Waals surface area contributed by atoms with Crippen LogP contribution in [-0.2, 0) is 4.79 Å². The molecule has 0 amide bonds. The van der Waals surface area contributed by atoms with Gasteiger partial charge in [-0.2, -0.15) is 0 Å². The number of allylic oxidation sites excluding steroid dienone is 1. The first kappa shape index (κ1) is 13.1. The summed E-state index contributed by atoms with van der Waals surface area (Å²) in [7, 11) is 0. The Kier molecular flexibility index (Phi) is 6.56. The van der Waals surface area contributed by atoms with Crippen LogP contribution in [0.15, 0.2) is 9.52 Å². The van der Waals surface area contributed by atoms with Crippen molar-refractivity contribution in [2.45, 2.75) is 26.2 Å². The van der Waals surface area contributed by atoms with Crippen molar-refractivity contribution in [1.82, 2.24) is 0 Å². The van der Waals surface area contributed by atoms with E-state index in [1.165, 1.54) is 0 Å². The molecule has 0 aromatic carbocycles. The van der Waals surface area contributed by atoms with Crippen LogP contribution in [0, 0.1) is 5.92 Å². The summed E-state index contributed by atoms with van der Waals surface area (Å²) < 4.78 is 0.0597. The molecule has 0 aromatic rings. The molecule has 1 unspecified atom stereocenters. The zero-order chi connectivity index (χ0) is 10.4. The molecule has 0 aliphatic heterocycles. The second kappa shape index (κ2) is 6.52. The van der Waals surface area contributed by atoms with Gasteiger partial charge in [0.2, 0.25) is 0 Å². The molecule has 0 aliphatic rings. The van der Waals surface area contributed by atoms with Gasteiger partial charge < -0.3 is 5.11 Å². The van der Waals surface area contributed by atoms with E-state index in [9.17, 15) is 4.79 Å². The third kappa shape index (κ3) is 6.19. The Morgan fingerprint density at radius 3 is 2.31 bits per heavy atom. The maximum Gasteiger partial charge on any atom is 0.303 e. The minimum Gasteiger partial charge on any atom is -0.481 e. The van der Waals surface area contributed by atoms with Gasteiger partial charge in [0.1, 0.15) is 4.49 Å². The Labute approximate surface area is 92.5 Å². The van der Waals surface area contributed by atoms with Gasteiger partial charge in [-0.1, -0.05) is 41.7 Å². The molecular weight excluding hydrogens is 234 g/mol. The lowest BCUT2D eigenvalue weighted by Crippen LogP contribution is -1.99. The molecule has 0 spiro atoms. The fourth-order valence-electron chi connectivity index (χ4n) is 0.872. The Morgan fingerprint density at radius 1 is 1.38 bits per heavy atom. The highest BCUT2D eigenvalue weighted by Gasteiger charge is 2.10. The van der Waals surface area contributed by atoms with Crippen LogP contribution in [0.2, 0.25) is 0 Å². The fraction of sp³-hybridized carbons (Fsp3) is 0.625. The van der Waals surface area contributed by atoms with Crippen LogP contribution in [0.5, 0.6) is 0 Å². The lowest BCUT2D eigenvalue weighted by Gasteiger charge is -2.08. The summed E-state index contributed by atoms with van der Waals surface area (Å²) >= 11 is 16.7. The van der Waals surface area contributed by atoms with Crippen LogP contribution < -0.4 is 0 Å². The molecule has 5 heteroatoms. The number of hydrogen-bond acceptors (Lipinski definition) is 1. The van der Waals surface area contributed by atoms with E-state index in [4.69, 9.17) is 39.9 Å². The topological polar surface area (TPSA) is 37.3 Å². The Bertz CT molecular complexity index is 209. The van der Waals surface area contributed by atoms with E-state index in [1.807, 2.05) is 6.92 Å². The third-order valence-electron chi connectivity index (χ3n) is 1.64. The molecule has 13 heavy (non-hydrogen) atoms. The molecule has 0 heterocycles. The van der Waals surface area contributed by atoms with E-state index >= 15 is 0 Å². The van der Waals surface area contributed by atoms with Gasteiger partial charge in [-0.15, -0.1) is 0 Å². The molecule has 1 atom stereocenters. The summed E-state index contributed by atoms with van der Waals surface area (Å²) in [5.41, 5.74) is 0. The highest BCUT2D eigenvalue weighted by Crippen LogP contribution is 2.28. The van der Waals surface area contributed by atoms with E-state index < -0.39 is 5.97 Å². The van der Waals surface area contributed by atoms with E-state index in [0.717, 1.165) is 0 Å². The zero-order valence-corrected chi connectivity index (χ0v) is 9.46. The molecule has 0 bridgehead atoms. The first-order valence-corrected chi connectivity index (χ1v) is 5.01. The number of halogens is 3.